The minimum atomic E-state index is -0.416. The van der Waals surface area contributed by atoms with E-state index in [-0.39, 0.29) is 29.0 Å². The number of fused-ring (bicyclic) bond motifs is 5. The molecule has 1 heterocycles. The lowest BCUT2D eigenvalue weighted by Gasteiger charge is -2.53. The van der Waals surface area contributed by atoms with Gasteiger partial charge in [-0.05, 0) is 62.1 Å². The molecule has 0 aliphatic heterocycles. The third kappa shape index (κ3) is 4.38. The molecule has 174 valence electrons. The number of hydrogen-bond donors (Lipinski definition) is 0. The first kappa shape index (κ1) is 23.3. The summed E-state index contributed by atoms with van der Waals surface area (Å²) in [5.41, 5.74) is 3.49. The summed E-state index contributed by atoms with van der Waals surface area (Å²) in [6.45, 7) is 5.69. The predicted molar refractivity (Wildman–Crippen MR) is 126 cm³/mol. The highest BCUT2D eigenvalue weighted by Crippen LogP contribution is 2.63. The van der Waals surface area contributed by atoms with Gasteiger partial charge in [0.15, 0.2) is 18.2 Å². The number of rotatable bonds is 3. The van der Waals surface area contributed by atoms with Crippen LogP contribution < -0.4 is 0 Å². The van der Waals surface area contributed by atoms with Crippen LogP contribution in [0, 0.1) is 22.7 Å². The highest BCUT2D eigenvalue weighted by Gasteiger charge is 2.54. The number of carbonyl (C=O) groups is 3. The van der Waals surface area contributed by atoms with E-state index in [0.717, 1.165) is 37.7 Å². The van der Waals surface area contributed by atoms with Crippen molar-refractivity contribution >= 4 is 17.5 Å². The Hall–Kier alpha value is -2.82. The van der Waals surface area contributed by atoms with Crippen LogP contribution >= 0.6 is 0 Å². The first-order chi connectivity index (χ1) is 15.8. The Morgan fingerprint density at radius 1 is 1.12 bits per heavy atom. The second-order valence-electron chi connectivity index (χ2n) is 10.1. The molecule has 0 amide bonds. The average Bonchev–Trinajstić information content (AvgIpc) is 3.17. The molecule has 4 aliphatic carbocycles. The van der Waals surface area contributed by atoms with Crippen molar-refractivity contribution in [3.05, 3.63) is 65.5 Å². The van der Waals surface area contributed by atoms with Crippen molar-refractivity contribution in [3.8, 4) is 0 Å². The van der Waals surface area contributed by atoms with Crippen LogP contribution in [-0.2, 0) is 19.1 Å². The molecule has 0 bridgehead atoms. The van der Waals surface area contributed by atoms with Gasteiger partial charge in [0.25, 0.3) is 0 Å². The Morgan fingerprint density at radius 2 is 1.88 bits per heavy atom. The van der Waals surface area contributed by atoms with Crippen LogP contribution in [0.25, 0.3) is 0 Å². The van der Waals surface area contributed by atoms with Gasteiger partial charge in [0.1, 0.15) is 0 Å². The number of hydrogen-bond acceptors (Lipinski definition) is 5. The fourth-order valence-corrected chi connectivity index (χ4v) is 6.43. The molecule has 5 heteroatoms. The fraction of sp³-hybridized carbons (Fsp3) is 0.500. The van der Waals surface area contributed by atoms with E-state index >= 15 is 0 Å². The Kier molecular flexibility index (Phi) is 6.51. The quantitative estimate of drug-likeness (QED) is 0.471. The van der Waals surface area contributed by atoms with Crippen LogP contribution in [0.1, 0.15) is 59.3 Å². The molecular weight excluding hydrogens is 414 g/mol. The zero-order chi connectivity index (χ0) is 23.6. The van der Waals surface area contributed by atoms with E-state index in [1.807, 2.05) is 24.3 Å². The fourth-order valence-electron chi connectivity index (χ4n) is 6.43. The minimum Gasteiger partial charge on any atom is -0.457 e. The molecular formula is C28H33NO4. The normalized spacial score (nSPS) is 32.0. The number of Topliss-reactive ketones (excluding diaryl/α,β-unsaturated/α-hetero) is 1. The lowest BCUT2D eigenvalue weighted by molar-refractivity contribution is -0.145. The van der Waals surface area contributed by atoms with Gasteiger partial charge < -0.3 is 4.74 Å². The molecule has 0 spiro atoms. The number of aromatic nitrogens is 1. The Morgan fingerprint density at radius 3 is 2.52 bits per heavy atom. The van der Waals surface area contributed by atoms with Gasteiger partial charge in [0.05, 0.1) is 0 Å². The van der Waals surface area contributed by atoms with E-state index in [2.05, 4.69) is 31.0 Å². The Bertz CT molecular complexity index is 1010. The standard InChI is InChI=1S/C23H28O4.C5H5N/c1-14(24)27-13-21(26)20-7-6-18-17-5-4-15-12-16(25)8-10-22(15,2)19(17)9-11-23(18,20)3;1-2-4-6-5-3-1/h7,9,12,17-18H,4-6,8,10-11,13H2,1-3H3;1-5H/t17?,18?,22-,23-;/m0./s1. The molecule has 1 aromatic rings. The summed E-state index contributed by atoms with van der Waals surface area (Å²) in [5, 5.41) is 0. The molecule has 1 fully saturated rings. The molecule has 0 radical (unpaired) electrons. The molecule has 33 heavy (non-hydrogen) atoms. The molecule has 1 saturated carbocycles. The number of esters is 1. The molecule has 0 aromatic carbocycles. The number of pyridine rings is 1. The Balaban J connectivity index is 0.000000376. The van der Waals surface area contributed by atoms with Crippen LogP contribution in [0.3, 0.4) is 0 Å². The summed E-state index contributed by atoms with van der Waals surface area (Å²) in [4.78, 5) is 39.4. The zero-order valence-electron chi connectivity index (χ0n) is 19.8. The lowest BCUT2D eigenvalue weighted by atomic mass is 9.51. The summed E-state index contributed by atoms with van der Waals surface area (Å²) in [5.74, 6) is 0.681. The van der Waals surface area contributed by atoms with Gasteiger partial charge in [0, 0.05) is 42.1 Å². The van der Waals surface area contributed by atoms with Crippen LogP contribution in [0.15, 0.2) is 65.5 Å². The summed E-state index contributed by atoms with van der Waals surface area (Å²) in [6, 6.07) is 5.72. The summed E-state index contributed by atoms with van der Waals surface area (Å²) < 4.78 is 4.96. The lowest BCUT2D eigenvalue weighted by Crippen LogP contribution is -2.44. The maximum atomic E-state index is 12.7. The molecule has 5 nitrogen and oxygen atoms in total. The molecule has 2 unspecified atom stereocenters. The van der Waals surface area contributed by atoms with E-state index in [9.17, 15) is 14.4 Å². The largest absolute Gasteiger partial charge is 0.457 e. The summed E-state index contributed by atoms with van der Waals surface area (Å²) in [6.07, 6.45) is 15.2. The average molecular weight is 448 g/mol. The van der Waals surface area contributed by atoms with Gasteiger partial charge in [-0.15, -0.1) is 0 Å². The van der Waals surface area contributed by atoms with Gasteiger partial charge in [-0.25, -0.2) is 0 Å². The monoisotopic (exact) mass is 447 g/mol. The van der Waals surface area contributed by atoms with E-state index in [0.29, 0.717) is 18.3 Å². The van der Waals surface area contributed by atoms with Crippen LogP contribution in [0.4, 0.5) is 0 Å². The highest BCUT2D eigenvalue weighted by molar-refractivity contribution is 5.99. The predicted octanol–water partition coefficient (Wildman–Crippen LogP) is 5.19. The zero-order valence-corrected chi connectivity index (χ0v) is 19.8. The molecule has 0 N–H and O–H groups in total. The summed E-state index contributed by atoms with van der Waals surface area (Å²) in [7, 11) is 0. The van der Waals surface area contributed by atoms with Crippen LogP contribution in [0.5, 0.6) is 0 Å². The van der Waals surface area contributed by atoms with Gasteiger partial charge in [0.2, 0.25) is 0 Å². The van der Waals surface area contributed by atoms with E-state index in [1.165, 1.54) is 18.1 Å². The molecule has 5 rings (SSSR count). The van der Waals surface area contributed by atoms with Crippen LogP contribution in [0.2, 0.25) is 0 Å². The first-order valence-electron chi connectivity index (χ1n) is 11.9. The minimum absolute atomic E-state index is 0.0165. The van der Waals surface area contributed by atoms with Crippen molar-refractivity contribution in [3.63, 3.8) is 0 Å². The molecule has 4 aliphatic rings. The summed E-state index contributed by atoms with van der Waals surface area (Å²) >= 11 is 0. The first-order valence-corrected chi connectivity index (χ1v) is 11.9. The SMILES string of the molecule is CC(=O)OCC(=O)C1=CCC2C3CCC4=CC(=O)CC[C@]4(C)C3=CC[C@]12C.c1ccncc1. The number of nitrogens with zero attached hydrogens (tertiary/aromatic N) is 1. The van der Waals surface area contributed by atoms with Crippen molar-refractivity contribution in [1.82, 2.24) is 4.98 Å². The van der Waals surface area contributed by atoms with Gasteiger partial charge in [-0.2, -0.15) is 0 Å². The topological polar surface area (TPSA) is 73.3 Å². The second kappa shape index (κ2) is 9.20. The van der Waals surface area contributed by atoms with Crippen molar-refractivity contribution in [2.24, 2.45) is 22.7 Å². The number of carbonyl (C=O) groups excluding carboxylic acids is 3. The smallest absolute Gasteiger partial charge is 0.303 e. The second-order valence-corrected chi connectivity index (χ2v) is 10.1. The maximum Gasteiger partial charge on any atom is 0.303 e. The van der Waals surface area contributed by atoms with Crippen LogP contribution in [-0.4, -0.2) is 29.1 Å². The maximum absolute atomic E-state index is 12.7. The third-order valence-corrected chi connectivity index (χ3v) is 8.19. The molecule has 1 aromatic heterocycles. The number of ether oxygens (including phenoxy) is 1. The van der Waals surface area contributed by atoms with E-state index in [4.69, 9.17) is 4.74 Å². The van der Waals surface area contributed by atoms with Crippen molar-refractivity contribution in [2.45, 2.75) is 59.3 Å². The van der Waals surface area contributed by atoms with Gasteiger partial charge in [-0.3, -0.25) is 19.4 Å². The Labute approximate surface area is 196 Å². The van der Waals surface area contributed by atoms with Crippen molar-refractivity contribution in [2.75, 3.05) is 6.61 Å². The number of ketones is 2. The van der Waals surface area contributed by atoms with Gasteiger partial charge in [-0.1, -0.05) is 43.2 Å². The molecule has 0 saturated heterocycles. The van der Waals surface area contributed by atoms with Crippen molar-refractivity contribution in [1.29, 1.82) is 0 Å². The molecule has 4 atom stereocenters. The van der Waals surface area contributed by atoms with Crippen molar-refractivity contribution < 1.29 is 19.1 Å². The van der Waals surface area contributed by atoms with Gasteiger partial charge >= 0.3 is 5.97 Å². The third-order valence-electron chi connectivity index (χ3n) is 8.19. The van der Waals surface area contributed by atoms with E-state index in [1.54, 1.807) is 12.4 Å². The number of allylic oxidation sites excluding steroid dienone is 5. The highest BCUT2D eigenvalue weighted by atomic mass is 16.5. The van der Waals surface area contributed by atoms with E-state index < -0.39 is 5.97 Å².